The normalized spacial score (nSPS) is 12.5. The lowest BCUT2D eigenvalue weighted by molar-refractivity contribution is -0.118. The molecule has 2 N–H and O–H groups in total. The first kappa shape index (κ1) is 10.3. The van der Waals surface area contributed by atoms with Gasteiger partial charge in [0.15, 0.2) is 5.78 Å². The molecule has 1 rings (SSSR count). The highest BCUT2D eigenvalue weighted by Crippen LogP contribution is 2.18. The lowest BCUT2D eigenvalue weighted by atomic mass is 10.1. The van der Waals surface area contributed by atoms with Crippen molar-refractivity contribution in [2.24, 2.45) is 5.73 Å². The van der Waals surface area contributed by atoms with Crippen LogP contribution in [-0.2, 0) is 4.79 Å². The van der Waals surface area contributed by atoms with E-state index in [4.69, 9.17) is 5.73 Å². The smallest absolute Gasteiger partial charge is 0.150 e. The Kier molecular flexibility index (Phi) is 3.51. The molecular formula is C10H13NOS. The molecule has 0 saturated heterocycles. The van der Waals surface area contributed by atoms with Crippen LogP contribution in [0.5, 0.6) is 0 Å². The van der Waals surface area contributed by atoms with E-state index in [1.54, 1.807) is 11.8 Å². The minimum absolute atomic E-state index is 0.00287. The van der Waals surface area contributed by atoms with Gasteiger partial charge in [0.2, 0.25) is 0 Å². The maximum atomic E-state index is 11.0. The first-order chi connectivity index (χ1) is 6.15. The molecule has 3 heteroatoms. The van der Waals surface area contributed by atoms with Crippen LogP contribution in [0.4, 0.5) is 0 Å². The molecule has 1 unspecified atom stereocenters. The molecule has 0 bridgehead atoms. The van der Waals surface area contributed by atoms with Gasteiger partial charge in [-0.25, -0.2) is 0 Å². The van der Waals surface area contributed by atoms with Gasteiger partial charge in [0.25, 0.3) is 0 Å². The Morgan fingerprint density at radius 3 is 2.31 bits per heavy atom. The van der Waals surface area contributed by atoms with Crippen LogP contribution in [-0.4, -0.2) is 12.0 Å². The van der Waals surface area contributed by atoms with Gasteiger partial charge in [-0.3, -0.25) is 4.79 Å². The van der Waals surface area contributed by atoms with Crippen molar-refractivity contribution in [3.8, 4) is 0 Å². The van der Waals surface area contributed by atoms with Gasteiger partial charge in [-0.1, -0.05) is 12.1 Å². The van der Waals surface area contributed by atoms with Crippen LogP contribution < -0.4 is 5.73 Å². The average molecular weight is 195 g/mol. The standard InChI is InChI=1S/C10H13NOS/c1-7(12)10(11)8-3-5-9(13-2)6-4-8/h3-6,10H,11H2,1-2H3. The number of carbonyl (C=O) groups is 1. The third-order valence-electron chi connectivity index (χ3n) is 1.91. The van der Waals surface area contributed by atoms with Gasteiger partial charge in [-0.05, 0) is 30.9 Å². The molecular weight excluding hydrogens is 182 g/mol. The number of Topliss-reactive ketones (excluding diaryl/α,β-unsaturated/α-hetero) is 1. The second-order valence-electron chi connectivity index (χ2n) is 2.86. The summed E-state index contributed by atoms with van der Waals surface area (Å²) < 4.78 is 0. The predicted molar refractivity (Wildman–Crippen MR) is 55.8 cm³/mol. The number of benzene rings is 1. The van der Waals surface area contributed by atoms with Crippen LogP contribution in [0.25, 0.3) is 0 Å². The molecule has 0 aliphatic heterocycles. The Balaban J connectivity index is 2.85. The number of ketones is 1. The molecule has 2 nitrogen and oxygen atoms in total. The van der Waals surface area contributed by atoms with E-state index in [0.29, 0.717) is 0 Å². The molecule has 0 aliphatic carbocycles. The summed E-state index contributed by atoms with van der Waals surface area (Å²) in [7, 11) is 0. The molecule has 0 spiro atoms. The van der Waals surface area contributed by atoms with Crippen LogP contribution in [0.1, 0.15) is 18.5 Å². The summed E-state index contributed by atoms with van der Waals surface area (Å²) >= 11 is 1.67. The molecule has 0 radical (unpaired) electrons. The van der Waals surface area contributed by atoms with Gasteiger partial charge in [0.05, 0.1) is 6.04 Å². The molecule has 0 fully saturated rings. The lowest BCUT2D eigenvalue weighted by Crippen LogP contribution is -2.18. The van der Waals surface area contributed by atoms with E-state index in [-0.39, 0.29) is 5.78 Å². The van der Waals surface area contributed by atoms with E-state index in [1.165, 1.54) is 11.8 Å². The van der Waals surface area contributed by atoms with Crippen molar-refractivity contribution >= 4 is 17.5 Å². The summed E-state index contributed by atoms with van der Waals surface area (Å²) in [6.45, 7) is 1.51. The molecule has 13 heavy (non-hydrogen) atoms. The molecule has 1 aromatic carbocycles. The molecule has 0 saturated carbocycles. The van der Waals surface area contributed by atoms with Crippen LogP contribution in [0.3, 0.4) is 0 Å². The third-order valence-corrected chi connectivity index (χ3v) is 2.66. The van der Waals surface area contributed by atoms with E-state index < -0.39 is 6.04 Å². The average Bonchev–Trinajstić information content (AvgIpc) is 2.17. The number of hydrogen-bond acceptors (Lipinski definition) is 3. The highest BCUT2D eigenvalue weighted by atomic mass is 32.2. The fourth-order valence-corrected chi connectivity index (χ4v) is 1.45. The number of hydrogen-bond donors (Lipinski definition) is 1. The summed E-state index contributed by atoms with van der Waals surface area (Å²) in [5, 5.41) is 0. The maximum absolute atomic E-state index is 11.0. The summed E-state index contributed by atoms with van der Waals surface area (Å²) in [6.07, 6.45) is 2.01. The zero-order valence-electron chi connectivity index (χ0n) is 7.78. The number of rotatable bonds is 3. The number of nitrogens with two attached hydrogens (primary N) is 1. The highest BCUT2D eigenvalue weighted by Gasteiger charge is 2.09. The molecule has 0 aliphatic rings. The molecule has 0 aromatic heterocycles. The Bertz CT molecular complexity index is 294. The Morgan fingerprint density at radius 2 is 1.92 bits per heavy atom. The summed E-state index contributed by atoms with van der Waals surface area (Å²) in [4.78, 5) is 12.1. The maximum Gasteiger partial charge on any atom is 0.150 e. The van der Waals surface area contributed by atoms with Gasteiger partial charge in [0.1, 0.15) is 0 Å². The van der Waals surface area contributed by atoms with Crippen molar-refractivity contribution in [2.45, 2.75) is 17.9 Å². The zero-order valence-corrected chi connectivity index (χ0v) is 8.60. The van der Waals surface area contributed by atoms with Crippen LogP contribution in [0.2, 0.25) is 0 Å². The first-order valence-corrected chi connectivity index (χ1v) is 5.27. The fourth-order valence-electron chi connectivity index (χ4n) is 1.05. The Morgan fingerprint density at radius 1 is 1.38 bits per heavy atom. The van der Waals surface area contributed by atoms with Crippen molar-refractivity contribution in [2.75, 3.05) is 6.26 Å². The van der Waals surface area contributed by atoms with Gasteiger partial charge >= 0.3 is 0 Å². The lowest BCUT2D eigenvalue weighted by Gasteiger charge is -2.07. The largest absolute Gasteiger partial charge is 0.318 e. The van der Waals surface area contributed by atoms with Gasteiger partial charge < -0.3 is 5.73 Å². The Labute approximate surface area is 82.5 Å². The molecule has 0 amide bonds. The second kappa shape index (κ2) is 4.44. The monoisotopic (exact) mass is 195 g/mol. The van der Waals surface area contributed by atoms with Crippen LogP contribution in [0, 0.1) is 0 Å². The van der Waals surface area contributed by atoms with E-state index in [1.807, 2.05) is 30.5 Å². The molecule has 0 heterocycles. The number of carbonyl (C=O) groups excluding carboxylic acids is 1. The molecule has 70 valence electrons. The summed E-state index contributed by atoms with van der Waals surface area (Å²) in [6, 6.07) is 7.28. The third kappa shape index (κ3) is 2.57. The Hall–Kier alpha value is -0.800. The molecule has 1 aromatic rings. The van der Waals surface area contributed by atoms with E-state index in [2.05, 4.69) is 0 Å². The summed E-state index contributed by atoms with van der Waals surface area (Å²) in [5.74, 6) is -0.00287. The SMILES string of the molecule is CSc1ccc(C(N)C(C)=O)cc1. The molecule has 1 atom stereocenters. The van der Waals surface area contributed by atoms with Crippen molar-refractivity contribution in [3.05, 3.63) is 29.8 Å². The van der Waals surface area contributed by atoms with E-state index >= 15 is 0 Å². The second-order valence-corrected chi connectivity index (χ2v) is 3.74. The van der Waals surface area contributed by atoms with E-state index in [9.17, 15) is 4.79 Å². The first-order valence-electron chi connectivity index (χ1n) is 4.05. The van der Waals surface area contributed by atoms with Crippen molar-refractivity contribution < 1.29 is 4.79 Å². The minimum atomic E-state index is -0.476. The van der Waals surface area contributed by atoms with Crippen molar-refractivity contribution in [1.29, 1.82) is 0 Å². The highest BCUT2D eigenvalue weighted by molar-refractivity contribution is 7.98. The zero-order chi connectivity index (χ0) is 9.84. The van der Waals surface area contributed by atoms with Crippen molar-refractivity contribution in [1.82, 2.24) is 0 Å². The van der Waals surface area contributed by atoms with Gasteiger partial charge in [0, 0.05) is 4.90 Å². The van der Waals surface area contributed by atoms with Crippen molar-refractivity contribution in [3.63, 3.8) is 0 Å². The van der Waals surface area contributed by atoms with Crippen LogP contribution in [0.15, 0.2) is 29.2 Å². The minimum Gasteiger partial charge on any atom is -0.318 e. The predicted octanol–water partition coefficient (Wildman–Crippen LogP) is 2.00. The van der Waals surface area contributed by atoms with Crippen LogP contribution >= 0.6 is 11.8 Å². The van der Waals surface area contributed by atoms with Gasteiger partial charge in [-0.2, -0.15) is 0 Å². The van der Waals surface area contributed by atoms with E-state index in [0.717, 1.165) is 5.56 Å². The summed E-state index contributed by atoms with van der Waals surface area (Å²) in [5.41, 5.74) is 6.55. The topological polar surface area (TPSA) is 43.1 Å². The van der Waals surface area contributed by atoms with Gasteiger partial charge in [-0.15, -0.1) is 11.8 Å². The fraction of sp³-hybridized carbons (Fsp3) is 0.300. The quantitative estimate of drug-likeness (QED) is 0.750. The number of thioether (sulfide) groups is 1.